The summed E-state index contributed by atoms with van der Waals surface area (Å²) in [7, 11) is 0. The Morgan fingerprint density at radius 3 is 2.80 bits per heavy atom. The molecule has 3 heteroatoms. The van der Waals surface area contributed by atoms with E-state index in [-0.39, 0.29) is 17.6 Å². The van der Waals surface area contributed by atoms with Crippen molar-refractivity contribution in [1.82, 2.24) is 5.32 Å². The summed E-state index contributed by atoms with van der Waals surface area (Å²) in [5.41, 5.74) is 1.77. The Balaban J connectivity index is 2.00. The van der Waals surface area contributed by atoms with Gasteiger partial charge in [0.05, 0.1) is 0 Å². The first-order valence-electron chi connectivity index (χ1n) is 7.64. The van der Waals surface area contributed by atoms with E-state index in [0.717, 1.165) is 24.9 Å². The Hall–Kier alpha value is -1.38. The lowest BCUT2D eigenvalue weighted by atomic mass is 9.89. The third kappa shape index (κ3) is 4.06. The smallest absolute Gasteiger partial charge is 0.220 e. The summed E-state index contributed by atoms with van der Waals surface area (Å²) < 4.78 is 13.4. The number of benzene rings is 1. The molecule has 1 atom stereocenters. The third-order valence-electron chi connectivity index (χ3n) is 4.06. The molecule has 1 aliphatic carbocycles. The average Bonchev–Trinajstić information content (AvgIpc) is 3.24. The summed E-state index contributed by atoms with van der Waals surface area (Å²) in [4.78, 5) is 12.0. The van der Waals surface area contributed by atoms with Crippen LogP contribution in [0.5, 0.6) is 0 Å². The van der Waals surface area contributed by atoms with Crippen molar-refractivity contribution in [1.29, 1.82) is 0 Å². The van der Waals surface area contributed by atoms with Crippen LogP contribution in [0.1, 0.15) is 56.1 Å². The number of nitrogens with one attached hydrogen (secondary N) is 1. The molecule has 1 unspecified atom stereocenters. The number of halogens is 1. The minimum atomic E-state index is -0.171. The predicted molar refractivity (Wildman–Crippen MR) is 79.1 cm³/mol. The van der Waals surface area contributed by atoms with Gasteiger partial charge in [0, 0.05) is 13.0 Å². The topological polar surface area (TPSA) is 29.1 Å². The maximum atomic E-state index is 13.4. The lowest BCUT2D eigenvalue weighted by Gasteiger charge is -2.17. The van der Waals surface area contributed by atoms with Gasteiger partial charge in [0.15, 0.2) is 0 Å². The Bertz CT molecular complexity index is 468. The van der Waals surface area contributed by atoms with Crippen molar-refractivity contribution < 1.29 is 9.18 Å². The summed E-state index contributed by atoms with van der Waals surface area (Å²) in [5.74, 6) is 0.792. The zero-order chi connectivity index (χ0) is 14.5. The zero-order valence-corrected chi connectivity index (χ0v) is 12.4. The Morgan fingerprint density at radius 1 is 1.45 bits per heavy atom. The van der Waals surface area contributed by atoms with Crippen molar-refractivity contribution in [3.05, 3.63) is 35.1 Å². The first kappa shape index (κ1) is 15.0. The normalized spacial score (nSPS) is 15.9. The van der Waals surface area contributed by atoms with Crippen molar-refractivity contribution in [2.24, 2.45) is 5.92 Å². The number of amides is 1. The second-order valence-corrected chi connectivity index (χ2v) is 5.86. The average molecular weight is 277 g/mol. The molecule has 1 fully saturated rings. The van der Waals surface area contributed by atoms with E-state index in [9.17, 15) is 9.18 Å². The minimum absolute atomic E-state index is 0.123. The maximum Gasteiger partial charge on any atom is 0.220 e. The molecule has 0 spiro atoms. The van der Waals surface area contributed by atoms with Gasteiger partial charge in [-0.25, -0.2) is 4.39 Å². The van der Waals surface area contributed by atoms with Gasteiger partial charge < -0.3 is 5.32 Å². The lowest BCUT2D eigenvalue weighted by Crippen LogP contribution is -2.26. The van der Waals surface area contributed by atoms with E-state index >= 15 is 0 Å². The predicted octanol–water partition coefficient (Wildman–Crippen LogP) is 3.93. The summed E-state index contributed by atoms with van der Waals surface area (Å²) in [6.07, 6.45) is 5.01. The van der Waals surface area contributed by atoms with E-state index in [1.165, 1.54) is 18.9 Å². The van der Waals surface area contributed by atoms with Crippen LogP contribution in [-0.2, 0) is 4.79 Å². The van der Waals surface area contributed by atoms with Crippen LogP contribution in [0.15, 0.2) is 18.2 Å². The molecule has 1 aromatic rings. The Morgan fingerprint density at radius 2 is 2.20 bits per heavy atom. The number of hydrogen-bond acceptors (Lipinski definition) is 1. The number of unbranched alkanes of at least 4 members (excludes halogenated alkanes) is 1. The monoisotopic (exact) mass is 277 g/mol. The van der Waals surface area contributed by atoms with Gasteiger partial charge in [0.25, 0.3) is 0 Å². The molecular weight excluding hydrogens is 253 g/mol. The first-order chi connectivity index (χ1) is 9.61. The molecule has 0 saturated heterocycles. The number of rotatable bonds is 7. The van der Waals surface area contributed by atoms with Crippen LogP contribution in [0.25, 0.3) is 0 Å². The lowest BCUT2D eigenvalue weighted by molar-refractivity contribution is -0.121. The Kier molecular flexibility index (Phi) is 5.16. The maximum absolute atomic E-state index is 13.4. The Labute approximate surface area is 120 Å². The second kappa shape index (κ2) is 6.87. The molecule has 1 amide bonds. The highest BCUT2D eigenvalue weighted by atomic mass is 19.1. The molecule has 0 aromatic heterocycles. The number of carbonyl (C=O) groups is 1. The number of carbonyl (C=O) groups excluding carboxylic acids is 1. The molecule has 2 rings (SSSR count). The van der Waals surface area contributed by atoms with Crippen LogP contribution in [0.4, 0.5) is 4.39 Å². The highest BCUT2D eigenvalue weighted by Crippen LogP contribution is 2.44. The molecule has 1 N–H and O–H groups in total. The molecule has 110 valence electrons. The molecule has 0 aliphatic heterocycles. The van der Waals surface area contributed by atoms with Crippen molar-refractivity contribution in [2.45, 2.75) is 51.9 Å². The molecule has 20 heavy (non-hydrogen) atoms. The van der Waals surface area contributed by atoms with Crippen LogP contribution in [0, 0.1) is 18.7 Å². The molecule has 2 nitrogen and oxygen atoms in total. The van der Waals surface area contributed by atoms with Crippen LogP contribution >= 0.6 is 0 Å². The molecule has 0 radical (unpaired) electrons. The quantitative estimate of drug-likeness (QED) is 0.752. The van der Waals surface area contributed by atoms with Gasteiger partial charge in [-0.15, -0.1) is 0 Å². The van der Waals surface area contributed by atoms with Crippen LogP contribution in [0.2, 0.25) is 0 Å². The number of aryl methyl sites for hydroxylation is 1. The highest BCUT2D eigenvalue weighted by Gasteiger charge is 2.33. The fourth-order valence-electron chi connectivity index (χ4n) is 2.63. The molecule has 1 aromatic carbocycles. The summed E-state index contributed by atoms with van der Waals surface area (Å²) >= 11 is 0. The fourth-order valence-corrected chi connectivity index (χ4v) is 2.63. The molecule has 1 aliphatic rings. The van der Waals surface area contributed by atoms with Crippen molar-refractivity contribution in [3.63, 3.8) is 0 Å². The van der Waals surface area contributed by atoms with Gasteiger partial charge in [-0.05, 0) is 55.2 Å². The van der Waals surface area contributed by atoms with E-state index in [4.69, 9.17) is 0 Å². The van der Waals surface area contributed by atoms with E-state index < -0.39 is 0 Å². The van der Waals surface area contributed by atoms with Crippen LogP contribution in [0.3, 0.4) is 0 Å². The summed E-state index contributed by atoms with van der Waals surface area (Å²) in [6.45, 7) is 4.65. The fraction of sp³-hybridized carbons (Fsp3) is 0.588. The van der Waals surface area contributed by atoms with Crippen molar-refractivity contribution >= 4 is 5.91 Å². The van der Waals surface area contributed by atoms with E-state index in [2.05, 4.69) is 12.2 Å². The third-order valence-corrected chi connectivity index (χ3v) is 4.06. The van der Waals surface area contributed by atoms with Gasteiger partial charge >= 0.3 is 0 Å². The standard InChI is InChI=1S/C17H24FNO/c1-3-4-9-19-17(20)11-15(13-5-6-13)14-7-8-16(18)12(2)10-14/h7-8,10,13,15H,3-6,9,11H2,1-2H3,(H,19,20). The van der Waals surface area contributed by atoms with Crippen molar-refractivity contribution in [2.75, 3.05) is 6.54 Å². The summed E-state index contributed by atoms with van der Waals surface area (Å²) in [5, 5.41) is 2.98. The van der Waals surface area contributed by atoms with Gasteiger partial charge in [-0.2, -0.15) is 0 Å². The first-order valence-corrected chi connectivity index (χ1v) is 7.64. The van der Waals surface area contributed by atoms with Gasteiger partial charge in [-0.3, -0.25) is 4.79 Å². The molecule has 0 heterocycles. The van der Waals surface area contributed by atoms with Crippen LogP contribution < -0.4 is 5.32 Å². The highest BCUT2D eigenvalue weighted by molar-refractivity contribution is 5.77. The molecular formula is C17H24FNO. The second-order valence-electron chi connectivity index (χ2n) is 5.86. The zero-order valence-electron chi connectivity index (χ0n) is 12.4. The van der Waals surface area contributed by atoms with E-state index in [0.29, 0.717) is 17.9 Å². The van der Waals surface area contributed by atoms with Crippen LogP contribution in [-0.4, -0.2) is 12.5 Å². The van der Waals surface area contributed by atoms with Crippen molar-refractivity contribution in [3.8, 4) is 0 Å². The van der Waals surface area contributed by atoms with Gasteiger partial charge in [-0.1, -0.05) is 25.5 Å². The van der Waals surface area contributed by atoms with E-state index in [1.807, 2.05) is 12.1 Å². The van der Waals surface area contributed by atoms with Gasteiger partial charge in [0.1, 0.15) is 5.82 Å². The van der Waals surface area contributed by atoms with E-state index in [1.54, 1.807) is 6.92 Å². The molecule has 1 saturated carbocycles. The summed E-state index contributed by atoms with van der Waals surface area (Å²) in [6, 6.07) is 5.26. The number of hydrogen-bond donors (Lipinski definition) is 1. The molecule has 0 bridgehead atoms. The minimum Gasteiger partial charge on any atom is -0.356 e. The van der Waals surface area contributed by atoms with Gasteiger partial charge in [0.2, 0.25) is 5.91 Å². The SMILES string of the molecule is CCCCNC(=O)CC(c1ccc(F)c(C)c1)C1CC1. The largest absolute Gasteiger partial charge is 0.356 e.